The average molecular weight is 1120 g/mol. The number of pyridine rings is 1. The number of unbranched alkanes of at least 4 members (excludes halogenated alkanes) is 17. The Morgan fingerprint density at radius 3 is 1.90 bits per heavy atom. The number of hydrogen-bond acceptors (Lipinski definition) is 13. The second-order valence-electron chi connectivity index (χ2n) is 21.3. The number of hydrogen-bond donors (Lipinski definition) is 3. The minimum Gasteiger partial charge on any atom is -0.465 e. The molecule has 4 aromatic rings. The molecule has 19 nitrogen and oxygen atoms in total. The van der Waals surface area contributed by atoms with Crippen molar-refractivity contribution in [2.75, 3.05) is 77.5 Å². The molecule has 2 amide bonds. The predicted molar refractivity (Wildman–Crippen MR) is 311 cm³/mol. The zero-order valence-corrected chi connectivity index (χ0v) is 49.1. The predicted octanol–water partition coefficient (Wildman–Crippen LogP) is 11.8. The third-order valence-electron chi connectivity index (χ3n) is 13.4. The van der Waals surface area contributed by atoms with Crippen LogP contribution in [0, 0.1) is 5.92 Å². The maximum atomic E-state index is 14.3. The van der Waals surface area contributed by atoms with Crippen molar-refractivity contribution in [1.29, 1.82) is 0 Å². The van der Waals surface area contributed by atoms with Gasteiger partial charge in [0.1, 0.15) is 30.6 Å². The molecule has 4 rings (SSSR count). The standard InChI is InChI=1S/C59H91N8O11P/c1-7-9-11-13-14-15-16-17-18-19-20-21-22-23-24-29-55(68)75-44-47(46-78-79(72,73)77-41-39-67(4,5)6)45-76-56(69)36-38-66(53-28-25-26-37-61-53)58(70)49-32-35-52-51(42-49)63-54(65(52)3)43-62-50-33-30-48(31-34-50)57(60)64-59(71)74-40-27-12-10-8-2/h25-26,28,30-35,37,42,47H,7-24,27,29,36,38-41,43-46H2,1-6H3,(H3-,60,62,64,71,72,73)/p+1. The Morgan fingerprint density at radius 1 is 0.722 bits per heavy atom. The quantitative estimate of drug-likeness (QED) is 0.00713. The summed E-state index contributed by atoms with van der Waals surface area (Å²) in [6.45, 7) is 4.46. The number of rotatable bonds is 41. The Hall–Kier alpha value is -5.72. The summed E-state index contributed by atoms with van der Waals surface area (Å²) in [5.41, 5.74) is 9.13. The van der Waals surface area contributed by atoms with Gasteiger partial charge in [0.15, 0.2) is 0 Å². The van der Waals surface area contributed by atoms with Crippen molar-refractivity contribution in [2.24, 2.45) is 23.7 Å². The molecule has 2 heterocycles. The lowest BCUT2D eigenvalue weighted by Gasteiger charge is -2.24. The van der Waals surface area contributed by atoms with E-state index < -0.39 is 37.7 Å². The zero-order valence-electron chi connectivity index (χ0n) is 48.2. The monoisotopic (exact) mass is 1120 g/mol. The summed E-state index contributed by atoms with van der Waals surface area (Å²) >= 11 is 0. The summed E-state index contributed by atoms with van der Waals surface area (Å²) in [4.78, 5) is 77.6. The topological polar surface area (TPSA) is 236 Å². The number of imidazole rings is 1. The van der Waals surface area contributed by atoms with E-state index in [1.807, 2.05) is 51.0 Å². The highest BCUT2D eigenvalue weighted by Crippen LogP contribution is 2.43. The lowest BCUT2D eigenvalue weighted by atomic mass is 10.0. The van der Waals surface area contributed by atoms with Gasteiger partial charge in [-0.05, 0) is 67.4 Å². The first-order valence-corrected chi connectivity index (χ1v) is 30.2. The van der Waals surface area contributed by atoms with E-state index in [-0.39, 0.29) is 51.6 Å². The number of aliphatic imine (C=N–C) groups is 1. The van der Waals surface area contributed by atoms with E-state index in [2.05, 4.69) is 29.1 Å². The number of benzene rings is 2. The number of amides is 2. The van der Waals surface area contributed by atoms with Crippen LogP contribution < -0.4 is 16.0 Å². The number of phosphoric acid groups is 1. The van der Waals surface area contributed by atoms with Gasteiger partial charge in [-0.2, -0.15) is 4.99 Å². The van der Waals surface area contributed by atoms with E-state index >= 15 is 0 Å². The smallest absolute Gasteiger partial charge is 0.465 e. The molecule has 0 saturated heterocycles. The first-order valence-electron chi connectivity index (χ1n) is 28.8. The number of aromatic nitrogens is 3. The SMILES string of the molecule is CCCCCCCCCCCCCCCCCC(=O)OCC(COC(=O)CCN(C(=O)c1ccc2c(c1)nc(CNc1ccc(/C(N)=N/C(=O)OCCCCCC)cc1)n2C)c1ccccn1)COP(=O)(O)OCC[N+](C)(C)C. The van der Waals surface area contributed by atoms with E-state index in [0.29, 0.717) is 58.9 Å². The van der Waals surface area contributed by atoms with Crippen molar-refractivity contribution < 1.29 is 56.4 Å². The van der Waals surface area contributed by atoms with Crippen LogP contribution in [0.4, 0.5) is 16.3 Å². The first kappa shape index (κ1) is 65.8. The summed E-state index contributed by atoms with van der Waals surface area (Å²) < 4.78 is 42.2. The average Bonchev–Trinajstić information content (AvgIpc) is 3.95. The number of amidine groups is 1. The van der Waals surface area contributed by atoms with Gasteiger partial charge in [-0.25, -0.2) is 19.3 Å². The second-order valence-corrected chi connectivity index (χ2v) is 22.8. The van der Waals surface area contributed by atoms with Gasteiger partial charge in [0.2, 0.25) is 0 Å². The Balaban J connectivity index is 1.30. The molecule has 2 aromatic heterocycles. The summed E-state index contributed by atoms with van der Waals surface area (Å²) in [5.74, 6) is -1.20. The van der Waals surface area contributed by atoms with Crippen molar-refractivity contribution in [3.05, 3.63) is 83.8 Å². The van der Waals surface area contributed by atoms with Crippen molar-refractivity contribution in [2.45, 2.75) is 155 Å². The van der Waals surface area contributed by atoms with E-state index in [9.17, 15) is 28.6 Å². The van der Waals surface area contributed by atoms with Crippen LogP contribution in [0.15, 0.2) is 71.9 Å². The van der Waals surface area contributed by atoms with Gasteiger partial charge >= 0.3 is 25.9 Å². The number of nitrogens with two attached hydrogens (primary N) is 1. The van der Waals surface area contributed by atoms with E-state index in [0.717, 1.165) is 56.1 Å². The van der Waals surface area contributed by atoms with Crippen LogP contribution in [0.2, 0.25) is 0 Å². The van der Waals surface area contributed by atoms with E-state index in [1.165, 1.54) is 75.5 Å². The largest absolute Gasteiger partial charge is 0.472 e. The van der Waals surface area contributed by atoms with Gasteiger partial charge in [0.25, 0.3) is 5.91 Å². The molecule has 0 saturated carbocycles. The third-order valence-corrected chi connectivity index (χ3v) is 14.4. The zero-order chi connectivity index (χ0) is 57.3. The maximum Gasteiger partial charge on any atom is 0.472 e. The normalized spacial score (nSPS) is 13.0. The van der Waals surface area contributed by atoms with Crippen LogP contribution in [0.5, 0.6) is 0 Å². The number of quaternary nitrogens is 1. The van der Waals surface area contributed by atoms with Crippen LogP contribution in [0.1, 0.15) is 170 Å². The molecule has 0 spiro atoms. The number of phosphoric ester groups is 1. The van der Waals surface area contributed by atoms with Gasteiger partial charge in [0.05, 0.1) is 77.5 Å². The molecule has 438 valence electrons. The van der Waals surface area contributed by atoms with Crippen molar-refractivity contribution in [3.63, 3.8) is 0 Å². The van der Waals surface area contributed by atoms with Crippen LogP contribution in [0.3, 0.4) is 0 Å². The lowest BCUT2D eigenvalue weighted by Crippen LogP contribution is -2.37. The van der Waals surface area contributed by atoms with Crippen molar-refractivity contribution in [3.8, 4) is 0 Å². The highest BCUT2D eigenvalue weighted by Gasteiger charge is 2.27. The Morgan fingerprint density at radius 2 is 1.30 bits per heavy atom. The molecule has 0 bridgehead atoms. The molecule has 20 heteroatoms. The van der Waals surface area contributed by atoms with Crippen LogP contribution >= 0.6 is 7.82 Å². The molecule has 2 aromatic carbocycles. The second kappa shape index (κ2) is 36.5. The molecular formula is C59H92N8O11P+. The van der Waals surface area contributed by atoms with E-state index in [1.54, 1.807) is 48.7 Å². The number of esters is 2. The Labute approximate surface area is 469 Å². The first-order chi connectivity index (χ1) is 38.0. The summed E-state index contributed by atoms with van der Waals surface area (Å²) in [6.07, 6.45) is 23.0. The molecule has 2 unspecified atom stereocenters. The van der Waals surface area contributed by atoms with Gasteiger partial charge in [-0.15, -0.1) is 0 Å². The summed E-state index contributed by atoms with van der Waals surface area (Å²) in [5, 5.41) is 3.36. The van der Waals surface area contributed by atoms with Gasteiger partial charge < -0.3 is 39.2 Å². The lowest BCUT2D eigenvalue weighted by molar-refractivity contribution is -0.870. The number of nitrogens with one attached hydrogen (secondary N) is 1. The minimum atomic E-state index is -4.49. The number of fused-ring (bicyclic) bond motifs is 1. The molecule has 2 atom stereocenters. The fourth-order valence-electron chi connectivity index (χ4n) is 8.57. The summed E-state index contributed by atoms with van der Waals surface area (Å²) in [7, 11) is 3.16. The van der Waals surface area contributed by atoms with E-state index in [4.69, 9.17) is 34.0 Å². The Kier molecular flexibility index (Phi) is 30.4. The number of ether oxygens (including phenoxy) is 3. The molecule has 0 aliphatic heterocycles. The summed E-state index contributed by atoms with van der Waals surface area (Å²) in [6, 6.07) is 17.5. The van der Waals surface area contributed by atoms with Gasteiger partial charge in [-0.3, -0.25) is 28.3 Å². The fraction of sp³-hybridized carbons (Fsp3) is 0.610. The van der Waals surface area contributed by atoms with Crippen molar-refractivity contribution >= 4 is 60.1 Å². The van der Waals surface area contributed by atoms with Gasteiger partial charge in [-0.1, -0.05) is 129 Å². The fourth-order valence-corrected chi connectivity index (χ4v) is 9.36. The Bertz CT molecular complexity index is 2500. The maximum absolute atomic E-state index is 14.3. The molecule has 0 aliphatic rings. The van der Waals surface area contributed by atoms with Crippen LogP contribution in [0.25, 0.3) is 11.0 Å². The van der Waals surface area contributed by atoms with Crippen LogP contribution in [-0.4, -0.2) is 121 Å². The van der Waals surface area contributed by atoms with Crippen molar-refractivity contribution in [1.82, 2.24) is 14.5 Å². The minimum absolute atomic E-state index is 0.0301. The molecule has 0 radical (unpaired) electrons. The number of likely N-dealkylation sites (N-methyl/N-ethyl adjacent to an activating group) is 1. The molecule has 0 fully saturated rings. The van der Waals surface area contributed by atoms with Crippen LogP contribution in [-0.2, 0) is 51.0 Å². The third kappa shape index (κ3) is 26.9. The number of carbonyl (C=O) groups is 4. The number of anilines is 2. The molecule has 0 aliphatic carbocycles. The number of carbonyl (C=O) groups excluding carboxylic acids is 4. The highest BCUT2D eigenvalue weighted by atomic mass is 31.2. The van der Waals surface area contributed by atoms with Gasteiger partial charge in [0, 0.05) is 43.0 Å². The highest BCUT2D eigenvalue weighted by molar-refractivity contribution is 7.47. The molecule has 79 heavy (non-hydrogen) atoms. The molecule has 4 N–H and O–H groups in total. The number of nitrogens with zero attached hydrogens (tertiary/aromatic N) is 6. The number of aryl methyl sites for hydroxylation is 1. The molecular weight excluding hydrogens is 1030 g/mol.